The van der Waals surface area contributed by atoms with Crippen molar-refractivity contribution in [3.8, 4) is 0 Å². The van der Waals surface area contributed by atoms with Crippen LogP contribution in [0.25, 0.3) is 0 Å². The van der Waals surface area contributed by atoms with Gasteiger partial charge in [-0.25, -0.2) is 0 Å². The van der Waals surface area contributed by atoms with E-state index in [4.69, 9.17) is 0 Å². The summed E-state index contributed by atoms with van der Waals surface area (Å²) < 4.78 is 0. The molecule has 3 atom stereocenters. The van der Waals surface area contributed by atoms with Gasteiger partial charge in [0, 0.05) is 12.5 Å². The highest BCUT2D eigenvalue weighted by Crippen LogP contribution is 2.44. The van der Waals surface area contributed by atoms with E-state index in [-0.39, 0.29) is 5.91 Å². The van der Waals surface area contributed by atoms with Crippen molar-refractivity contribution in [3.05, 3.63) is 0 Å². The van der Waals surface area contributed by atoms with E-state index >= 15 is 0 Å². The fraction of sp³-hybridized carbons (Fsp3) is 0.900. The SMILES string of the molecule is CCC(=O)N[C@H]1C[C@H]2CC[C@H]1C2. The summed E-state index contributed by atoms with van der Waals surface area (Å²) in [5.74, 6) is 1.97. The third-order valence-electron chi connectivity index (χ3n) is 3.41. The van der Waals surface area contributed by atoms with Crippen LogP contribution in [0.3, 0.4) is 0 Å². The van der Waals surface area contributed by atoms with E-state index in [1.807, 2.05) is 6.92 Å². The minimum absolute atomic E-state index is 0.229. The Labute approximate surface area is 73.7 Å². The van der Waals surface area contributed by atoms with Gasteiger partial charge in [0.1, 0.15) is 0 Å². The van der Waals surface area contributed by atoms with E-state index in [1.165, 1.54) is 25.7 Å². The fourth-order valence-electron chi connectivity index (χ4n) is 2.73. The predicted molar refractivity (Wildman–Crippen MR) is 47.7 cm³/mol. The molecule has 2 saturated carbocycles. The summed E-state index contributed by atoms with van der Waals surface area (Å²) in [5, 5.41) is 3.12. The number of amides is 1. The molecule has 12 heavy (non-hydrogen) atoms. The van der Waals surface area contributed by atoms with Crippen LogP contribution in [0.5, 0.6) is 0 Å². The first-order valence-electron chi connectivity index (χ1n) is 5.09. The van der Waals surface area contributed by atoms with Crippen LogP contribution in [0.4, 0.5) is 0 Å². The lowest BCUT2D eigenvalue weighted by atomic mass is 9.95. The van der Waals surface area contributed by atoms with Crippen LogP contribution >= 0.6 is 0 Å². The summed E-state index contributed by atoms with van der Waals surface area (Å²) in [7, 11) is 0. The van der Waals surface area contributed by atoms with Crippen molar-refractivity contribution < 1.29 is 4.79 Å². The van der Waals surface area contributed by atoms with Crippen LogP contribution in [-0.4, -0.2) is 11.9 Å². The van der Waals surface area contributed by atoms with Crippen molar-refractivity contribution in [1.29, 1.82) is 0 Å². The van der Waals surface area contributed by atoms with Gasteiger partial charge < -0.3 is 5.32 Å². The molecular weight excluding hydrogens is 150 g/mol. The summed E-state index contributed by atoms with van der Waals surface area (Å²) in [5.41, 5.74) is 0. The number of carbonyl (C=O) groups is 1. The Morgan fingerprint density at radius 3 is 2.75 bits per heavy atom. The molecule has 2 heteroatoms. The first kappa shape index (κ1) is 8.09. The monoisotopic (exact) mass is 167 g/mol. The second kappa shape index (κ2) is 3.08. The molecule has 2 fully saturated rings. The second-order valence-corrected chi connectivity index (χ2v) is 4.20. The number of rotatable bonds is 2. The Balaban J connectivity index is 1.86. The zero-order chi connectivity index (χ0) is 8.55. The maximum Gasteiger partial charge on any atom is 0.219 e. The van der Waals surface area contributed by atoms with Crippen LogP contribution in [0.15, 0.2) is 0 Å². The lowest BCUT2D eigenvalue weighted by Crippen LogP contribution is -2.37. The zero-order valence-electron chi connectivity index (χ0n) is 7.68. The molecule has 0 unspecified atom stereocenters. The highest BCUT2D eigenvalue weighted by atomic mass is 16.1. The number of hydrogen-bond donors (Lipinski definition) is 1. The zero-order valence-corrected chi connectivity index (χ0v) is 7.68. The van der Waals surface area contributed by atoms with Gasteiger partial charge in [-0.2, -0.15) is 0 Å². The first-order valence-corrected chi connectivity index (χ1v) is 5.09. The molecule has 0 spiro atoms. The van der Waals surface area contributed by atoms with Crippen LogP contribution in [0.2, 0.25) is 0 Å². The molecule has 0 aromatic carbocycles. The van der Waals surface area contributed by atoms with Gasteiger partial charge in [0.2, 0.25) is 5.91 Å². The first-order chi connectivity index (χ1) is 5.79. The topological polar surface area (TPSA) is 29.1 Å². The highest BCUT2D eigenvalue weighted by Gasteiger charge is 2.39. The molecule has 0 aromatic heterocycles. The third-order valence-corrected chi connectivity index (χ3v) is 3.41. The van der Waals surface area contributed by atoms with Gasteiger partial charge in [0.25, 0.3) is 0 Å². The minimum Gasteiger partial charge on any atom is -0.353 e. The molecule has 2 bridgehead atoms. The van der Waals surface area contributed by atoms with Gasteiger partial charge in [0.05, 0.1) is 0 Å². The summed E-state index contributed by atoms with van der Waals surface area (Å²) in [6, 6.07) is 0.524. The maximum atomic E-state index is 11.1. The van der Waals surface area contributed by atoms with Crippen molar-refractivity contribution in [2.45, 2.75) is 45.1 Å². The van der Waals surface area contributed by atoms with Crippen LogP contribution < -0.4 is 5.32 Å². The quantitative estimate of drug-likeness (QED) is 0.666. The van der Waals surface area contributed by atoms with Gasteiger partial charge in [-0.3, -0.25) is 4.79 Å². The van der Waals surface area contributed by atoms with Crippen molar-refractivity contribution in [3.63, 3.8) is 0 Å². The standard InChI is InChI=1S/C10H17NO/c1-2-10(12)11-9-6-7-3-4-8(9)5-7/h7-9H,2-6H2,1H3,(H,11,12)/t7-,8-,9-/m0/s1. The molecular formula is C10H17NO. The van der Waals surface area contributed by atoms with Crippen molar-refractivity contribution in [1.82, 2.24) is 5.32 Å². The molecule has 68 valence electrons. The normalized spacial score (nSPS) is 38.6. The lowest BCUT2D eigenvalue weighted by Gasteiger charge is -2.22. The van der Waals surface area contributed by atoms with Gasteiger partial charge >= 0.3 is 0 Å². The van der Waals surface area contributed by atoms with E-state index in [1.54, 1.807) is 0 Å². The van der Waals surface area contributed by atoms with Crippen molar-refractivity contribution >= 4 is 5.91 Å². The molecule has 1 amide bonds. The molecule has 2 rings (SSSR count). The van der Waals surface area contributed by atoms with Crippen LogP contribution in [0.1, 0.15) is 39.0 Å². The Bertz CT molecular complexity index is 190. The average Bonchev–Trinajstić information content (AvgIpc) is 2.64. The number of hydrogen-bond acceptors (Lipinski definition) is 1. The van der Waals surface area contributed by atoms with Gasteiger partial charge in [-0.15, -0.1) is 0 Å². The molecule has 2 aliphatic carbocycles. The van der Waals surface area contributed by atoms with Gasteiger partial charge in [-0.1, -0.05) is 13.3 Å². The highest BCUT2D eigenvalue weighted by molar-refractivity contribution is 5.75. The van der Waals surface area contributed by atoms with E-state index in [0.717, 1.165) is 11.8 Å². The fourth-order valence-corrected chi connectivity index (χ4v) is 2.73. The molecule has 0 aliphatic heterocycles. The Hall–Kier alpha value is -0.530. The number of fused-ring (bicyclic) bond motifs is 2. The average molecular weight is 167 g/mol. The molecule has 0 saturated heterocycles. The van der Waals surface area contributed by atoms with Crippen LogP contribution in [0, 0.1) is 11.8 Å². The summed E-state index contributed by atoms with van der Waals surface area (Å²) >= 11 is 0. The number of nitrogens with one attached hydrogen (secondary N) is 1. The smallest absolute Gasteiger partial charge is 0.219 e. The summed E-state index contributed by atoms with van der Waals surface area (Å²) in [4.78, 5) is 11.1. The molecule has 0 radical (unpaired) electrons. The van der Waals surface area contributed by atoms with E-state index < -0.39 is 0 Å². The molecule has 2 nitrogen and oxygen atoms in total. The lowest BCUT2D eigenvalue weighted by molar-refractivity contribution is -0.121. The predicted octanol–water partition coefficient (Wildman–Crippen LogP) is 1.70. The van der Waals surface area contributed by atoms with Crippen molar-refractivity contribution in [2.24, 2.45) is 11.8 Å². The van der Waals surface area contributed by atoms with E-state index in [2.05, 4.69) is 5.32 Å². The molecule has 2 aliphatic rings. The molecule has 1 N–H and O–H groups in total. The van der Waals surface area contributed by atoms with Crippen molar-refractivity contribution in [2.75, 3.05) is 0 Å². The summed E-state index contributed by atoms with van der Waals surface area (Å²) in [6.45, 7) is 1.92. The maximum absolute atomic E-state index is 11.1. The van der Waals surface area contributed by atoms with E-state index in [0.29, 0.717) is 12.5 Å². The Morgan fingerprint density at radius 1 is 1.42 bits per heavy atom. The van der Waals surface area contributed by atoms with Gasteiger partial charge in [-0.05, 0) is 31.1 Å². The number of carbonyl (C=O) groups excluding carboxylic acids is 1. The minimum atomic E-state index is 0.229. The summed E-state index contributed by atoms with van der Waals surface area (Å²) in [6.07, 6.45) is 6.00. The second-order valence-electron chi connectivity index (χ2n) is 4.20. The third kappa shape index (κ3) is 1.35. The molecule has 0 aromatic rings. The van der Waals surface area contributed by atoms with Gasteiger partial charge in [0.15, 0.2) is 0 Å². The molecule has 0 heterocycles. The largest absolute Gasteiger partial charge is 0.353 e. The Morgan fingerprint density at radius 2 is 2.25 bits per heavy atom. The van der Waals surface area contributed by atoms with Crippen LogP contribution in [-0.2, 0) is 4.79 Å². The Kier molecular flexibility index (Phi) is 2.07. The van der Waals surface area contributed by atoms with E-state index in [9.17, 15) is 4.79 Å².